The van der Waals surface area contributed by atoms with Gasteiger partial charge in [0, 0.05) is 44.2 Å². The van der Waals surface area contributed by atoms with E-state index in [0.717, 1.165) is 60.6 Å². The van der Waals surface area contributed by atoms with Gasteiger partial charge in [0.2, 0.25) is 0 Å². The van der Waals surface area contributed by atoms with Gasteiger partial charge in [0.15, 0.2) is 17.5 Å². The van der Waals surface area contributed by atoms with Crippen molar-refractivity contribution in [3.63, 3.8) is 0 Å². The van der Waals surface area contributed by atoms with Gasteiger partial charge in [-0.05, 0) is 37.7 Å². The predicted octanol–water partition coefficient (Wildman–Crippen LogP) is 3.71. The van der Waals surface area contributed by atoms with Gasteiger partial charge in [-0.15, -0.1) is 35.3 Å². The van der Waals surface area contributed by atoms with E-state index in [-0.39, 0.29) is 24.0 Å². The predicted molar refractivity (Wildman–Crippen MR) is 140 cm³/mol. The minimum Gasteiger partial charge on any atom is -0.493 e. The fourth-order valence-corrected chi connectivity index (χ4v) is 3.76. The molecular formula is C22H36IN5O2S. The molecule has 0 aliphatic rings. The summed E-state index contributed by atoms with van der Waals surface area (Å²) in [7, 11) is 3.45. The molecule has 2 rings (SSSR count). The lowest BCUT2D eigenvalue weighted by Crippen LogP contribution is -2.37. The van der Waals surface area contributed by atoms with Crippen molar-refractivity contribution in [1.82, 2.24) is 20.5 Å². The van der Waals surface area contributed by atoms with Crippen LogP contribution in [-0.2, 0) is 13.0 Å². The summed E-state index contributed by atoms with van der Waals surface area (Å²) in [6.07, 6.45) is 2.80. The Balaban J connectivity index is 0.00000480. The third-order valence-electron chi connectivity index (χ3n) is 4.77. The number of aromatic nitrogens is 1. The van der Waals surface area contributed by atoms with Crippen LogP contribution in [0, 0.1) is 6.92 Å². The summed E-state index contributed by atoms with van der Waals surface area (Å²) >= 11 is 1.73. The van der Waals surface area contributed by atoms with Gasteiger partial charge in [0.1, 0.15) is 6.61 Å². The van der Waals surface area contributed by atoms with Crippen molar-refractivity contribution in [2.75, 3.05) is 46.9 Å². The molecular weight excluding hydrogens is 525 g/mol. The van der Waals surface area contributed by atoms with Crippen LogP contribution in [0.1, 0.15) is 29.3 Å². The van der Waals surface area contributed by atoms with E-state index < -0.39 is 0 Å². The van der Waals surface area contributed by atoms with Gasteiger partial charge in [-0.3, -0.25) is 4.99 Å². The van der Waals surface area contributed by atoms with Crippen LogP contribution in [0.3, 0.4) is 0 Å². The summed E-state index contributed by atoms with van der Waals surface area (Å²) in [6.45, 7) is 11.4. The smallest absolute Gasteiger partial charge is 0.191 e. The highest BCUT2D eigenvalue weighted by molar-refractivity contribution is 14.0. The molecule has 2 aromatic rings. The second-order valence-corrected chi connectivity index (χ2v) is 8.15. The molecule has 0 aliphatic heterocycles. The molecule has 0 saturated heterocycles. The monoisotopic (exact) mass is 561 g/mol. The molecule has 0 spiro atoms. The summed E-state index contributed by atoms with van der Waals surface area (Å²) in [5, 5.41) is 7.81. The Hall–Kier alpha value is -1.59. The SMILES string of the molecule is CCN(CC)CCOc1ccc(CNC(=NC)NCCc2ncc(C)s2)cc1OC.I. The standard InChI is InChI=1S/C22H35N5O2S.HI/c1-6-27(7-2)12-13-29-19-9-8-18(14-20(19)28-5)16-26-22(23-4)24-11-10-21-25-15-17(3)30-21;/h8-9,14-15H,6-7,10-13,16H2,1-5H3,(H2,23,24,26);1H. The van der Waals surface area contributed by atoms with Crippen LogP contribution in [0.15, 0.2) is 29.4 Å². The Kier molecular flexibility index (Phi) is 13.5. The highest BCUT2D eigenvalue weighted by Crippen LogP contribution is 2.28. The van der Waals surface area contributed by atoms with Crippen molar-refractivity contribution < 1.29 is 9.47 Å². The first kappa shape index (κ1) is 27.4. The van der Waals surface area contributed by atoms with Crippen LogP contribution in [0.25, 0.3) is 0 Å². The third kappa shape index (κ3) is 9.61. The van der Waals surface area contributed by atoms with Gasteiger partial charge in [0.25, 0.3) is 0 Å². The lowest BCUT2D eigenvalue weighted by Gasteiger charge is -2.19. The second-order valence-electron chi connectivity index (χ2n) is 6.83. The molecule has 0 fully saturated rings. The average molecular weight is 562 g/mol. The van der Waals surface area contributed by atoms with Gasteiger partial charge in [-0.1, -0.05) is 19.9 Å². The number of thiazole rings is 1. The average Bonchev–Trinajstić information content (AvgIpc) is 3.19. The van der Waals surface area contributed by atoms with Gasteiger partial charge >= 0.3 is 0 Å². The molecule has 0 unspecified atom stereocenters. The number of nitrogens with one attached hydrogen (secondary N) is 2. The van der Waals surface area contributed by atoms with Crippen molar-refractivity contribution >= 4 is 41.3 Å². The van der Waals surface area contributed by atoms with Crippen LogP contribution in [-0.4, -0.2) is 62.8 Å². The summed E-state index contributed by atoms with van der Waals surface area (Å²) in [5.74, 6) is 2.28. The number of hydrogen-bond donors (Lipinski definition) is 2. The van der Waals surface area contributed by atoms with E-state index in [1.165, 1.54) is 4.88 Å². The number of aliphatic imine (C=N–C) groups is 1. The van der Waals surface area contributed by atoms with E-state index in [0.29, 0.717) is 13.2 Å². The molecule has 0 saturated carbocycles. The Bertz CT molecular complexity index is 796. The first-order chi connectivity index (χ1) is 14.6. The van der Waals surface area contributed by atoms with E-state index >= 15 is 0 Å². The topological polar surface area (TPSA) is 71.0 Å². The zero-order valence-corrected chi connectivity index (χ0v) is 22.4. The largest absolute Gasteiger partial charge is 0.493 e. The highest BCUT2D eigenvalue weighted by Gasteiger charge is 2.08. The van der Waals surface area contributed by atoms with Crippen LogP contribution >= 0.6 is 35.3 Å². The van der Waals surface area contributed by atoms with Crippen molar-refractivity contribution in [1.29, 1.82) is 0 Å². The van der Waals surface area contributed by atoms with Gasteiger partial charge in [-0.25, -0.2) is 4.98 Å². The summed E-state index contributed by atoms with van der Waals surface area (Å²) in [5.41, 5.74) is 1.10. The van der Waals surface area contributed by atoms with Crippen molar-refractivity contribution in [3.8, 4) is 11.5 Å². The van der Waals surface area contributed by atoms with Crippen LogP contribution in [0.2, 0.25) is 0 Å². The molecule has 0 atom stereocenters. The van der Waals surface area contributed by atoms with E-state index in [1.807, 2.05) is 24.4 Å². The van der Waals surface area contributed by atoms with Crippen LogP contribution < -0.4 is 20.1 Å². The molecule has 1 aromatic heterocycles. The van der Waals surface area contributed by atoms with E-state index in [2.05, 4.69) is 46.3 Å². The normalized spacial score (nSPS) is 11.2. The number of guanidine groups is 1. The molecule has 1 heterocycles. The zero-order chi connectivity index (χ0) is 21.8. The van der Waals surface area contributed by atoms with Gasteiger partial charge < -0.3 is 25.0 Å². The molecule has 2 N–H and O–H groups in total. The minimum atomic E-state index is 0. The lowest BCUT2D eigenvalue weighted by atomic mass is 10.2. The van der Waals surface area contributed by atoms with E-state index in [9.17, 15) is 0 Å². The van der Waals surface area contributed by atoms with Crippen molar-refractivity contribution in [3.05, 3.63) is 39.8 Å². The van der Waals surface area contributed by atoms with Crippen LogP contribution in [0.4, 0.5) is 0 Å². The lowest BCUT2D eigenvalue weighted by molar-refractivity contribution is 0.217. The Morgan fingerprint density at radius 1 is 1.19 bits per heavy atom. The molecule has 174 valence electrons. The Labute approximate surface area is 207 Å². The zero-order valence-electron chi connectivity index (χ0n) is 19.2. The van der Waals surface area contributed by atoms with Crippen LogP contribution in [0.5, 0.6) is 11.5 Å². The maximum Gasteiger partial charge on any atom is 0.191 e. The number of methoxy groups -OCH3 is 1. The van der Waals surface area contributed by atoms with Crippen molar-refractivity contribution in [2.45, 2.75) is 33.7 Å². The summed E-state index contributed by atoms with van der Waals surface area (Å²) in [6, 6.07) is 6.03. The molecule has 0 radical (unpaired) electrons. The number of rotatable bonds is 12. The highest BCUT2D eigenvalue weighted by atomic mass is 127. The molecule has 0 bridgehead atoms. The number of ether oxygens (including phenoxy) is 2. The second kappa shape index (κ2) is 15.3. The third-order valence-corrected chi connectivity index (χ3v) is 5.74. The number of halogens is 1. The molecule has 7 nitrogen and oxygen atoms in total. The maximum atomic E-state index is 5.93. The van der Waals surface area contributed by atoms with E-state index in [1.54, 1.807) is 25.5 Å². The Morgan fingerprint density at radius 2 is 1.97 bits per heavy atom. The van der Waals surface area contributed by atoms with E-state index in [4.69, 9.17) is 9.47 Å². The minimum absolute atomic E-state index is 0. The first-order valence-corrected chi connectivity index (χ1v) is 11.3. The fraction of sp³-hybridized carbons (Fsp3) is 0.545. The van der Waals surface area contributed by atoms with Gasteiger partial charge in [-0.2, -0.15) is 0 Å². The van der Waals surface area contributed by atoms with Gasteiger partial charge in [0.05, 0.1) is 12.1 Å². The fourth-order valence-electron chi connectivity index (χ4n) is 2.98. The number of nitrogens with zero attached hydrogens (tertiary/aromatic N) is 3. The Morgan fingerprint density at radius 3 is 2.58 bits per heavy atom. The number of benzene rings is 1. The number of likely N-dealkylation sites (N-methyl/N-ethyl adjacent to an activating group) is 1. The quantitative estimate of drug-likeness (QED) is 0.234. The number of hydrogen-bond acceptors (Lipinski definition) is 6. The summed E-state index contributed by atoms with van der Waals surface area (Å²) in [4.78, 5) is 12.2. The molecule has 31 heavy (non-hydrogen) atoms. The number of aryl methyl sites for hydroxylation is 1. The molecule has 1 aromatic carbocycles. The molecule has 0 amide bonds. The molecule has 0 aliphatic carbocycles. The molecule has 9 heteroatoms. The first-order valence-electron chi connectivity index (χ1n) is 10.5. The summed E-state index contributed by atoms with van der Waals surface area (Å²) < 4.78 is 11.5. The maximum absolute atomic E-state index is 5.93. The van der Waals surface area contributed by atoms with Crippen molar-refractivity contribution in [2.24, 2.45) is 4.99 Å².